The molecule has 1 aliphatic heterocycles. The number of aromatic amines is 1. The fourth-order valence-electron chi connectivity index (χ4n) is 1.97. The highest BCUT2D eigenvalue weighted by atomic mass is 16.5. The Hall–Kier alpha value is -2.15. The van der Waals surface area contributed by atoms with E-state index in [1.807, 2.05) is 0 Å². The normalized spacial score (nSPS) is 16.6. The lowest BCUT2D eigenvalue weighted by Gasteiger charge is -2.29. The summed E-state index contributed by atoms with van der Waals surface area (Å²) < 4.78 is 5.17. The Balaban J connectivity index is 1.96. The van der Waals surface area contributed by atoms with Crippen LogP contribution < -0.4 is 10.9 Å². The first-order valence-electron chi connectivity index (χ1n) is 6.44. The van der Waals surface area contributed by atoms with Gasteiger partial charge in [-0.1, -0.05) is 6.07 Å². The van der Waals surface area contributed by atoms with Crippen LogP contribution in [0.3, 0.4) is 0 Å². The molecule has 0 radical (unpaired) electrons. The van der Waals surface area contributed by atoms with E-state index in [2.05, 4.69) is 10.3 Å². The number of amides is 2. The largest absolute Gasteiger partial charge is 0.378 e. The molecule has 0 aromatic carbocycles. The van der Waals surface area contributed by atoms with Gasteiger partial charge in [-0.2, -0.15) is 0 Å². The van der Waals surface area contributed by atoms with Gasteiger partial charge in [0.1, 0.15) is 11.7 Å². The highest BCUT2D eigenvalue weighted by Crippen LogP contribution is 2.01. The van der Waals surface area contributed by atoms with Crippen LogP contribution in [0.25, 0.3) is 0 Å². The Morgan fingerprint density at radius 2 is 2.05 bits per heavy atom. The van der Waals surface area contributed by atoms with Crippen molar-refractivity contribution in [2.45, 2.75) is 13.0 Å². The average molecular weight is 279 g/mol. The van der Waals surface area contributed by atoms with Gasteiger partial charge in [-0.15, -0.1) is 0 Å². The van der Waals surface area contributed by atoms with E-state index >= 15 is 0 Å². The Morgan fingerprint density at radius 1 is 1.35 bits per heavy atom. The Labute approximate surface area is 115 Å². The maximum atomic E-state index is 12.1. The summed E-state index contributed by atoms with van der Waals surface area (Å²) in [5, 5.41) is 2.58. The molecule has 0 bridgehead atoms. The number of ether oxygens (including phenoxy) is 1. The topological polar surface area (TPSA) is 91.5 Å². The van der Waals surface area contributed by atoms with Gasteiger partial charge in [0.15, 0.2) is 0 Å². The zero-order chi connectivity index (χ0) is 14.5. The molecule has 1 saturated heterocycles. The van der Waals surface area contributed by atoms with Crippen molar-refractivity contribution in [2.24, 2.45) is 0 Å². The first kappa shape index (κ1) is 14.3. The van der Waals surface area contributed by atoms with Crippen LogP contribution in [0, 0.1) is 0 Å². The van der Waals surface area contributed by atoms with Crippen molar-refractivity contribution in [2.75, 3.05) is 26.3 Å². The third kappa shape index (κ3) is 3.45. The molecule has 1 aliphatic rings. The molecule has 7 heteroatoms. The highest BCUT2D eigenvalue weighted by Gasteiger charge is 2.24. The van der Waals surface area contributed by atoms with Gasteiger partial charge < -0.3 is 19.9 Å². The number of aromatic nitrogens is 1. The fourth-order valence-corrected chi connectivity index (χ4v) is 1.97. The minimum atomic E-state index is -0.649. The molecule has 1 unspecified atom stereocenters. The summed E-state index contributed by atoms with van der Waals surface area (Å²) in [4.78, 5) is 39.2. The predicted molar refractivity (Wildman–Crippen MR) is 71.4 cm³/mol. The van der Waals surface area contributed by atoms with Crippen molar-refractivity contribution in [3.63, 3.8) is 0 Å². The molecule has 7 nitrogen and oxygen atoms in total. The predicted octanol–water partition coefficient (Wildman–Crippen LogP) is -0.648. The average Bonchev–Trinajstić information content (AvgIpc) is 2.47. The number of hydrogen-bond acceptors (Lipinski definition) is 4. The smallest absolute Gasteiger partial charge is 0.268 e. The third-order valence-corrected chi connectivity index (χ3v) is 3.05. The van der Waals surface area contributed by atoms with E-state index < -0.39 is 11.9 Å². The molecule has 20 heavy (non-hydrogen) atoms. The summed E-state index contributed by atoms with van der Waals surface area (Å²) in [5.74, 6) is -0.628. The number of nitrogens with one attached hydrogen (secondary N) is 2. The van der Waals surface area contributed by atoms with Crippen LogP contribution >= 0.6 is 0 Å². The van der Waals surface area contributed by atoms with Crippen LogP contribution in [0.4, 0.5) is 0 Å². The second kappa shape index (κ2) is 6.33. The number of rotatable bonds is 3. The summed E-state index contributed by atoms with van der Waals surface area (Å²) in [6, 6.07) is 3.65. The minimum absolute atomic E-state index is 0.138. The van der Waals surface area contributed by atoms with Gasteiger partial charge in [0, 0.05) is 19.2 Å². The maximum absolute atomic E-state index is 12.1. The molecule has 2 rings (SSSR count). The number of carbonyl (C=O) groups excluding carboxylic acids is 2. The fraction of sp³-hybridized carbons (Fsp3) is 0.462. The molecule has 1 fully saturated rings. The third-order valence-electron chi connectivity index (χ3n) is 3.05. The summed E-state index contributed by atoms with van der Waals surface area (Å²) >= 11 is 0. The molecular formula is C13H17N3O4. The number of morpholine rings is 1. The van der Waals surface area contributed by atoms with Crippen LogP contribution in [-0.4, -0.2) is 54.0 Å². The Morgan fingerprint density at radius 3 is 2.70 bits per heavy atom. The van der Waals surface area contributed by atoms with Crippen LogP contribution in [0.5, 0.6) is 0 Å². The van der Waals surface area contributed by atoms with Crippen molar-refractivity contribution in [1.29, 1.82) is 0 Å². The quantitative estimate of drug-likeness (QED) is 0.769. The number of pyridine rings is 1. The minimum Gasteiger partial charge on any atom is -0.378 e. The van der Waals surface area contributed by atoms with E-state index in [9.17, 15) is 14.4 Å². The molecule has 2 amide bonds. The summed E-state index contributed by atoms with van der Waals surface area (Å²) in [6.07, 6.45) is 0. The molecular weight excluding hydrogens is 262 g/mol. The molecule has 1 aromatic rings. The zero-order valence-electron chi connectivity index (χ0n) is 11.2. The van der Waals surface area contributed by atoms with Crippen molar-refractivity contribution in [1.82, 2.24) is 15.2 Å². The zero-order valence-corrected chi connectivity index (χ0v) is 11.2. The second-order valence-corrected chi connectivity index (χ2v) is 4.56. The van der Waals surface area contributed by atoms with E-state index in [4.69, 9.17) is 4.74 Å². The molecule has 1 aromatic heterocycles. The van der Waals surface area contributed by atoms with Crippen LogP contribution in [0.2, 0.25) is 0 Å². The van der Waals surface area contributed by atoms with Gasteiger partial charge >= 0.3 is 0 Å². The van der Waals surface area contributed by atoms with Crippen molar-refractivity contribution in [3.8, 4) is 0 Å². The first-order valence-corrected chi connectivity index (χ1v) is 6.44. The van der Waals surface area contributed by atoms with Gasteiger partial charge in [0.2, 0.25) is 11.5 Å². The van der Waals surface area contributed by atoms with E-state index in [-0.39, 0.29) is 17.2 Å². The Bertz CT molecular complexity index is 549. The van der Waals surface area contributed by atoms with Crippen LogP contribution in [0.1, 0.15) is 17.4 Å². The van der Waals surface area contributed by atoms with Crippen molar-refractivity contribution >= 4 is 11.8 Å². The van der Waals surface area contributed by atoms with Crippen molar-refractivity contribution in [3.05, 3.63) is 34.2 Å². The van der Waals surface area contributed by atoms with E-state index in [1.54, 1.807) is 11.8 Å². The molecule has 0 aliphatic carbocycles. The standard InChI is InChI=1S/C13H17N3O4/c1-9(13(19)16-5-7-20-8-6-16)14-12(18)10-3-2-4-11(17)15-10/h2-4,9H,5-8H2,1H3,(H,14,18)(H,15,17). The lowest BCUT2D eigenvalue weighted by atomic mass is 10.2. The number of hydrogen-bond donors (Lipinski definition) is 2. The van der Waals surface area contributed by atoms with E-state index in [0.29, 0.717) is 26.3 Å². The summed E-state index contributed by atoms with van der Waals surface area (Å²) in [7, 11) is 0. The van der Waals surface area contributed by atoms with Crippen LogP contribution in [-0.2, 0) is 9.53 Å². The number of H-pyrrole nitrogens is 1. The molecule has 2 heterocycles. The second-order valence-electron chi connectivity index (χ2n) is 4.56. The molecule has 108 valence electrons. The highest BCUT2D eigenvalue weighted by molar-refractivity contribution is 5.95. The van der Waals surface area contributed by atoms with Crippen LogP contribution in [0.15, 0.2) is 23.0 Å². The summed E-state index contributed by atoms with van der Waals surface area (Å²) in [5.41, 5.74) is -0.219. The van der Waals surface area contributed by atoms with Gasteiger partial charge in [-0.3, -0.25) is 14.4 Å². The van der Waals surface area contributed by atoms with Crippen molar-refractivity contribution < 1.29 is 14.3 Å². The van der Waals surface area contributed by atoms with E-state index in [1.165, 1.54) is 18.2 Å². The summed E-state index contributed by atoms with van der Waals surface area (Å²) in [6.45, 7) is 3.70. The lowest BCUT2D eigenvalue weighted by molar-refractivity contribution is -0.136. The SMILES string of the molecule is CC(NC(=O)c1cccc(=O)[nH]1)C(=O)N1CCOCC1. The van der Waals surface area contributed by atoms with E-state index in [0.717, 1.165) is 0 Å². The van der Waals surface area contributed by atoms with Gasteiger partial charge in [-0.25, -0.2) is 0 Å². The molecule has 1 atom stereocenters. The first-order chi connectivity index (χ1) is 9.58. The molecule has 0 spiro atoms. The van der Waals surface area contributed by atoms with Gasteiger partial charge in [-0.05, 0) is 13.0 Å². The Kier molecular flexibility index (Phi) is 4.52. The lowest BCUT2D eigenvalue weighted by Crippen LogP contribution is -2.50. The van der Waals surface area contributed by atoms with Gasteiger partial charge in [0.05, 0.1) is 13.2 Å². The van der Waals surface area contributed by atoms with Gasteiger partial charge in [0.25, 0.3) is 5.91 Å². The maximum Gasteiger partial charge on any atom is 0.268 e. The molecule has 0 saturated carbocycles. The number of nitrogens with zero attached hydrogens (tertiary/aromatic N) is 1. The number of carbonyl (C=O) groups is 2. The molecule has 2 N–H and O–H groups in total. The monoisotopic (exact) mass is 279 g/mol.